The topological polar surface area (TPSA) is 42.2 Å². The molecule has 1 aromatic carbocycles. The summed E-state index contributed by atoms with van der Waals surface area (Å²) in [5.74, 6) is 0. The second-order valence-corrected chi connectivity index (χ2v) is 8.80. The van der Waals surface area contributed by atoms with Gasteiger partial charge in [-0.25, -0.2) is 9.50 Å². The highest BCUT2D eigenvalue weighted by atomic mass is 35.5. The molecular weight excluding hydrogens is 340 g/mol. The molecule has 0 fully saturated rings. The molecule has 24 heavy (non-hydrogen) atoms. The quantitative estimate of drug-likeness (QED) is 0.653. The van der Waals surface area contributed by atoms with Crippen molar-refractivity contribution < 1.29 is 0 Å². The van der Waals surface area contributed by atoms with Gasteiger partial charge in [0.15, 0.2) is 5.65 Å². The number of aromatic nitrogens is 3. The van der Waals surface area contributed by atoms with Gasteiger partial charge in [-0.1, -0.05) is 53.9 Å². The zero-order chi connectivity index (χ0) is 17.3. The Morgan fingerprint density at radius 3 is 2.58 bits per heavy atom. The van der Waals surface area contributed by atoms with Crippen LogP contribution in [0.15, 0.2) is 42.7 Å². The van der Waals surface area contributed by atoms with Crippen LogP contribution in [0.3, 0.4) is 0 Å². The van der Waals surface area contributed by atoms with Gasteiger partial charge in [-0.15, -0.1) is 0 Å². The number of halogens is 1. The molecule has 0 spiro atoms. The van der Waals surface area contributed by atoms with Crippen molar-refractivity contribution in [2.75, 3.05) is 0 Å². The maximum absolute atomic E-state index is 6.22. The van der Waals surface area contributed by atoms with E-state index in [2.05, 4.69) is 49.6 Å². The van der Waals surface area contributed by atoms with Gasteiger partial charge in [0, 0.05) is 28.1 Å². The van der Waals surface area contributed by atoms with Crippen LogP contribution in [0.1, 0.15) is 39.3 Å². The maximum Gasteiger partial charge on any atom is 0.174 e. The summed E-state index contributed by atoms with van der Waals surface area (Å²) in [6, 6.07) is 10.3. The van der Waals surface area contributed by atoms with E-state index in [1.165, 1.54) is 0 Å². The summed E-state index contributed by atoms with van der Waals surface area (Å²) in [5.41, 5.74) is 3.77. The van der Waals surface area contributed by atoms with Crippen LogP contribution in [-0.4, -0.2) is 19.3 Å². The molecule has 0 aliphatic rings. The molecular formula is C18H21ClN4S. The van der Waals surface area contributed by atoms with Gasteiger partial charge < -0.3 is 0 Å². The second-order valence-electron chi connectivity index (χ2n) is 6.73. The van der Waals surface area contributed by atoms with E-state index in [-0.39, 0.29) is 10.8 Å². The Kier molecular flexibility index (Phi) is 4.85. The summed E-state index contributed by atoms with van der Waals surface area (Å²) in [5, 5.41) is 4.85. The van der Waals surface area contributed by atoms with E-state index in [1.807, 2.05) is 24.4 Å². The molecule has 126 valence electrons. The fraction of sp³-hybridized carbons (Fsp3) is 0.333. The number of fused-ring (bicyclic) bond motifs is 1. The van der Waals surface area contributed by atoms with Crippen molar-refractivity contribution in [2.45, 2.75) is 38.5 Å². The molecule has 3 rings (SSSR count). The lowest BCUT2D eigenvalue weighted by Crippen LogP contribution is -2.21. The first kappa shape index (κ1) is 17.3. The fourth-order valence-corrected chi connectivity index (χ4v) is 3.20. The van der Waals surface area contributed by atoms with E-state index in [4.69, 9.17) is 16.6 Å². The lowest BCUT2D eigenvalue weighted by molar-refractivity contribution is 0.714. The summed E-state index contributed by atoms with van der Waals surface area (Å²) >= 11 is 7.94. The second kappa shape index (κ2) is 6.75. The minimum absolute atomic E-state index is 0.115. The lowest BCUT2D eigenvalue weighted by atomic mass is 10.0. The predicted molar refractivity (Wildman–Crippen MR) is 102 cm³/mol. The number of nitrogens with zero attached hydrogens (tertiary/aromatic N) is 3. The van der Waals surface area contributed by atoms with Gasteiger partial charge in [0.2, 0.25) is 0 Å². The molecule has 0 amide bonds. The first-order chi connectivity index (χ1) is 11.3. The third-order valence-electron chi connectivity index (χ3n) is 3.53. The summed E-state index contributed by atoms with van der Waals surface area (Å²) in [4.78, 5) is 4.79. The normalized spacial score (nSPS) is 13.4. The van der Waals surface area contributed by atoms with Crippen LogP contribution >= 0.6 is 23.5 Å². The highest BCUT2D eigenvalue weighted by Crippen LogP contribution is 2.31. The van der Waals surface area contributed by atoms with Crippen molar-refractivity contribution in [2.24, 2.45) is 0 Å². The molecule has 0 unspecified atom stereocenters. The van der Waals surface area contributed by atoms with Gasteiger partial charge in [0.1, 0.15) is 5.02 Å². The molecule has 0 saturated carbocycles. The van der Waals surface area contributed by atoms with Crippen LogP contribution in [0.25, 0.3) is 16.9 Å². The standard InChI is InChI=1S/C18H21ClN4S/c1-12(22-24-18(2,3)4)14-11-23-17(15(19)10-20-23)21-16(14)13-8-6-5-7-9-13/h5-12,22H,1-4H3/t12-/m0/s1. The molecule has 1 atom stereocenters. The van der Waals surface area contributed by atoms with E-state index >= 15 is 0 Å². The van der Waals surface area contributed by atoms with Gasteiger partial charge in [0.05, 0.1) is 11.9 Å². The molecule has 0 saturated heterocycles. The SMILES string of the molecule is C[C@H](NSC(C)(C)C)c1cn2ncc(Cl)c2nc1-c1ccccc1. The highest BCUT2D eigenvalue weighted by molar-refractivity contribution is 7.98. The Balaban J connectivity index is 2.07. The molecule has 3 aromatic rings. The minimum Gasteiger partial charge on any atom is -0.256 e. The number of rotatable bonds is 4. The molecule has 2 heterocycles. The molecule has 4 nitrogen and oxygen atoms in total. The van der Waals surface area contributed by atoms with Crippen LogP contribution in [0, 0.1) is 0 Å². The highest BCUT2D eigenvalue weighted by Gasteiger charge is 2.19. The lowest BCUT2D eigenvalue weighted by Gasteiger charge is -2.23. The van der Waals surface area contributed by atoms with Gasteiger partial charge in [0.25, 0.3) is 0 Å². The average molecular weight is 361 g/mol. The van der Waals surface area contributed by atoms with Gasteiger partial charge >= 0.3 is 0 Å². The zero-order valence-electron chi connectivity index (χ0n) is 14.2. The monoisotopic (exact) mass is 360 g/mol. The van der Waals surface area contributed by atoms with Crippen LogP contribution in [0.4, 0.5) is 0 Å². The third-order valence-corrected chi connectivity index (χ3v) is 4.88. The predicted octanol–water partition coefficient (Wildman–Crippen LogP) is 5.15. The van der Waals surface area contributed by atoms with Crippen LogP contribution < -0.4 is 4.72 Å². The molecule has 2 aromatic heterocycles. The molecule has 0 bridgehead atoms. The van der Waals surface area contributed by atoms with E-state index in [1.54, 1.807) is 22.7 Å². The largest absolute Gasteiger partial charge is 0.256 e. The van der Waals surface area contributed by atoms with E-state index in [9.17, 15) is 0 Å². The summed E-state index contributed by atoms with van der Waals surface area (Å²) in [7, 11) is 0. The first-order valence-corrected chi connectivity index (χ1v) is 9.07. The summed E-state index contributed by atoms with van der Waals surface area (Å²) < 4.78 is 5.40. The van der Waals surface area contributed by atoms with Crippen LogP contribution in [0.2, 0.25) is 5.02 Å². The Morgan fingerprint density at radius 2 is 1.92 bits per heavy atom. The first-order valence-electron chi connectivity index (χ1n) is 7.88. The van der Waals surface area contributed by atoms with Crippen molar-refractivity contribution in [3.63, 3.8) is 0 Å². The number of benzene rings is 1. The Hall–Kier alpha value is -1.56. The van der Waals surface area contributed by atoms with Crippen molar-refractivity contribution in [3.8, 4) is 11.3 Å². The molecule has 0 radical (unpaired) electrons. The minimum atomic E-state index is 0.115. The number of nitrogens with one attached hydrogen (secondary N) is 1. The van der Waals surface area contributed by atoms with Gasteiger partial charge in [-0.3, -0.25) is 4.72 Å². The molecule has 1 N–H and O–H groups in total. The fourth-order valence-electron chi connectivity index (χ4n) is 2.37. The molecule has 0 aliphatic heterocycles. The van der Waals surface area contributed by atoms with E-state index < -0.39 is 0 Å². The number of hydrogen-bond donors (Lipinski definition) is 1. The average Bonchev–Trinajstić information content (AvgIpc) is 2.92. The van der Waals surface area contributed by atoms with E-state index in [0.717, 1.165) is 16.8 Å². The van der Waals surface area contributed by atoms with Crippen molar-refractivity contribution in [1.82, 2.24) is 19.3 Å². The molecule has 0 aliphatic carbocycles. The Morgan fingerprint density at radius 1 is 1.21 bits per heavy atom. The van der Waals surface area contributed by atoms with Crippen molar-refractivity contribution in [3.05, 3.63) is 53.3 Å². The third kappa shape index (κ3) is 3.74. The Bertz CT molecular complexity index is 839. The number of hydrogen-bond acceptors (Lipinski definition) is 4. The zero-order valence-corrected chi connectivity index (χ0v) is 15.8. The maximum atomic E-state index is 6.22. The van der Waals surface area contributed by atoms with Crippen molar-refractivity contribution in [1.29, 1.82) is 0 Å². The van der Waals surface area contributed by atoms with Gasteiger partial charge in [-0.05, 0) is 27.7 Å². The van der Waals surface area contributed by atoms with Gasteiger partial charge in [-0.2, -0.15) is 5.10 Å². The van der Waals surface area contributed by atoms with Crippen molar-refractivity contribution >= 4 is 29.2 Å². The van der Waals surface area contributed by atoms with Crippen LogP contribution in [-0.2, 0) is 0 Å². The molecule has 6 heteroatoms. The summed E-state index contributed by atoms with van der Waals surface area (Å²) in [6.07, 6.45) is 3.64. The Labute approximate surface area is 151 Å². The summed E-state index contributed by atoms with van der Waals surface area (Å²) in [6.45, 7) is 8.69. The smallest absolute Gasteiger partial charge is 0.174 e. The van der Waals surface area contributed by atoms with E-state index in [0.29, 0.717) is 10.7 Å². The van der Waals surface area contributed by atoms with Crippen LogP contribution in [0.5, 0.6) is 0 Å².